The Morgan fingerprint density at radius 2 is 2.19 bits per heavy atom. The third kappa shape index (κ3) is 2.20. The van der Waals surface area contributed by atoms with Gasteiger partial charge in [0.25, 0.3) is 0 Å². The van der Waals surface area contributed by atoms with Crippen LogP contribution in [0.25, 0.3) is 0 Å². The van der Waals surface area contributed by atoms with Crippen LogP contribution in [0.5, 0.6) is 5.75 Å². The summed E-state index contributed by atoms with van der Waals surface area (Å²) >= 11 is 5.20. The molecular formula is C11H11N3OS. The van der Waals surface area contributed by atoms with Crippen molar-refractivity contribution >= 4 is 23.0 Å². The lowest BCUT2D eigenvalue weighted by Gasteiger charge is -2.11. The van der Waals surface area contributed by atoms with Gasteiger partial charge < -0.3 is 10.1 Å². The van der Waals surface area contributed by atoms with Crippen LogP contribution in [-0.4, -0.2) is 22.0 Å². The van der Waals surface area contributed by atoms with E-state index in [0.717, 1.165) is 11.4 Å². The number of ether oxygens (including phenoxy) is 1. The molecule has 4 nitrogen and oxygen atoms in total. The van der Waals surface area contributed by atoms with Crippen LogP contribution >= 0.6 is 12.2 Å². The second-order valence-electron chi connectivity index (χ2n) is 3.08. The molecule has 0 aliphatic heterocycles. The lowest BCUT2D eigenvalue weighted by molar-refractivity contribution is 0.417. The standard InChI is InChI=1S/C11H11N3OS/c1-15-10-6-3-2-5-9(10)13-11(16)14-8-4-7-12-14/h2-8H,1H3,(H,13,16). The normalized spacial score (nSPS) is 9.81. The number of anilines is 1. The molecule has 5 heteroatoms. The first-order valence-electron chi connectivity index (χ1n) is 4.75. The molecule has 82 valence electrons. The summed E-state index contributed by atoms with van der Waals surface area (Å²) in [6.07, 6.45) is 3.46. The highest BCUT2D eigenvalue weighted by molar-refractivity contribution is 7.80. The van der Waals surface area contributed by atoms with E-state index in [2.05, 4.69) is 10.4 Å². The smallest absolute Gasteiger partial charge is 0.198 e. The molecule has 0 bridgehead atoms. The van der Waals surface area contributed by atoms with Crippen molar-refractivity contribution in [3.63, 3.8) is 0 Å². The Balaban J connectivity index is 2.18. The number of hydrogen-bond acceptors (Lipinski definition) is 3. The number of methoxy groups -OCH3 is 1. The van der Waals surface area contributed by atoms with Gasteiger partial charge in [-0.1, -0.05) is 12.1 Å². The van der Waals surface area contributed by atoms with E-state index >= 15 is 0 Å². The highest BCUT2D eigenvalue weighted by atomic mass is 32.1. The highest BCUT2D eigenvalue weighted by Gasteiger charge is 2.04. The van der Waals surface area contributed by atoms with Gasteiger partial charge in [0.1, 0.15) is 5.75 Å². The molecule has 1 heterocycles. The third-order valence-electron chi connectivity index (χ3n) is 2.06. The van der Waals surface area contributed by atoms with Gasteiger partial charge in [0.2, 0.25) is 0 Å². The molecule has 0 saturated carbocycles. The lowest BCUT2D eigenvalue weighted by Crippen LogP contribution is -2.19. The van der Waals surface area contributed by atoms with Gasteiger partial charge in [-0.3, -0.25) is 0 Å². The van der Waals surface area contributed by atoms with Crippen molar-refractivity contribution < 1.29 is 4.74 Å². The minimum absolute atomic E-state index is 0.509. The van der Waals surface area contributed by atoms with Crippen LogP contribution in [0, 0.1) is 0 Å². The quantitative estimate of drug-likeness (QED) is 0.807. The Morgan fingerprint density at radius 3 is 2.88 bits per heavy atom. The first-order chi connectivity index (χ1) is 7.81. The Hall–Kier alpha value is -1.88. The van der Waals surface area contributed by atoms with Crippen LogP contribution in [0.2, 0.25) is 0 Å². The maximum absolute atomic E-state index is 5.21. The predicted octanol–water partition coefficient (Wildman–Crippen LogP) is 2.14. The van der Waals surface area contributed by atoms with Gasteiger partial charge in [-0.25, -0.2) is 4.68 Å². The van der Waals surface area contributed by atoms with E-state index in [1.807, 2.05) is 30.3 Å². The van der Waals surface area contributed by atoms with Crippen LogP contribution in [0.15, 0.2) is 42.7 Å². The highest BCUT2D eigenvalue weighted by Crippen LogP contribution is 2.22. The van der Waals surface area contributed by atoms with Crippen molar-refractivity contribution in [1.29, 1.82) is 0 Å². The molecule has 2 aromatic rings. The summed E-state index contributed by atoms with van der Waals surface area (Å²) in [5.41, 5.74) is 0.825. The number of rotatable bonds is 2. The second kappa shape index (κ2) is 4.76. The van der Waals surface area contributed by atoms with Crippen molar-refractivity contribution in [1.82, 2.24) is 9.78 Å². The van der Waals surface area contributed by atoms with E-state index in [0.29, 0.717) is 5.11 Å². The Morgan fingerprint density at radius 1 is 1.38 bits per heavy atom. The second-order valence-corrected chi connectivity index (χ2v) is 3.47. The van der Waals surface area contributed by atoms with Crippen molar-refractivity contribution in [2.24, 2.45) is 0 Å². The van der Waals surface area contributed by atoms with Crippen molar-refractivity contribution in [3.8, 4) is 5.75 Å². The average Bonchev–Trinajstić information content (AvgIpc) is 2.83. The van der Waals surface area contributed by atoms with Gasteiger partial charge in [0.15, 0.2) is 5.11 Å². The van der Waals surface area contributed by atoms with Crippen molar-refractivity contribution in [3.05, 3.63) is 42.7 Å². The summed E-state index contributed by atoms with van der Waals surface area (Å²) in [6.45, 7) is 0. The van der Waals surface area contributed by atoms with E-state index in [-0.39, 0.29) is 0 Å². The molecule has 0 aliphatic rings. The summed E-state index contributed by atoms with van der Waals surface area (Å²) in [4.78, 5) is 0. The number of aromatic nitrogens is 2. The minimum atomic E-state index is 0.509. The lowest BCUT2D eigenvalue weighted by atomic mass is 10.3. The first kappa shape index (κ1) is 10.6. The summed E-state index contributed by atoms with van der Waals surface area (Å²) in [6, 6.07) is 9.40. The maximum Gasteiger partial charge on any atom is 0.198 e. The molecule has 16 heavy (non-hydrogen) atoms. The first-order valence-corrected chi connectivity index (χ1v) is 5.16. The molecule has 0 atom stereocenters. The number of para-hydroxylation sites is 2. The summed E-state index contributed by atoms with van der Waals surface area (Å²) in [7, 11) is 1.62. The average molecular weight is 233 g/mol. The van der Waals surface area contributed by atoms with E-state index in [1.165, 1.54) is 0 Å². The largest absolute Gasteiger partial charge is 0.495 e. The van der Waals surface area contributed by atoms with Crippen LogP contribution < -0.4 is 10.1 Å². The van der Waals surface area contributed by atoms with Gasteiger partial charge in [0, 0.05) is 12.4 Å². The van der Waals surface area contributed by atoms with Crippen molar-refractivity contribution in [2.45, 2.75) is 0 Å². The zero-order valence-corrected chi connectivity index (χ0v) is 9.57. The monoisotopic (exact) mass is 233 g/mol. The van der Waals surface area contributed by atoms with Gasteiger partial charge in [-0.05, 0) is 30.4 Å². The summed E-state index contributed by atoms with van der Waals surface area (Å²) in [5.74, 6) is 0.747. The minimum Gasteiger partial charge on any atom is -0.495 e. The van der Waals surface area contributed by atoms with Gasteiger partial charge in [-0.15, -0.1) is 0 Å². The summed E-state index contributed by atoms with van der Waals surface area (Å²) < 4.78 is 6.80. The summed E-state index contributed by atoms with van der Waals surface area (Å²) in [5, 5.41) is 7.62. The van der Waals surface area contributed by atoms with Gasteiger partial charge in [0.05, 0.1) is 12.8 Å². The van der Waals surface area contributed by atoms with E-state index in [4.69, 9.17) is 17.0 Å². The number of benzene rings is 1. The van der Waals surface area contributed by atoms with Crippen LogP contribution in [0.3, 0.4) is 0 Å². The molecule has 0 radical (unpaired) electrons. The molecule has 1 N–H and O–H groups in total. The number of nitrogens with zero attached hydrogens (tertiary/aromatic N) is 2. The number of thiocarbonyl (C=S) groups is 1. The van der Waals surface area contributed by atoms with E-state index in [9.17, 15) is 0 Å². The maximum atomic E-state index is 5.21. The number of hydrogen-bond donors (Lipinski definition) is 1. The molecule has 0 fully saturated rings. The molecule has 0 aliphatic carbocycles. The zero-order valence-electron chi connectivity index (χ0n) is 8.75. The third-order valence-corrected chi connectivity index (χ3v) is 2.35. The Kier molecular flexibility index (Phi) is 3.16. The molecule has 1 aromatic carbocycles. The molecular weight excluding hydrogens is 222 g/mol. The van der Waals surface area contributed by atoms with Gasteiger partial charge in [-0.2, -0.15) is 5.10 Å². The fraction of sp³-hybridized carbons (Fsp3) is 0.0909. The molecule has 0 saturated heterocycles. The zero-order chi connectivity index (χ0) is 11.4. The predicted molar refractivity (Wildman–Crippen MR) is 66.8 cm³/mol. The van der Waals surface area contributed by atoms with E-state index in [1.54, 1.807) is 24.2 Å². The Labute approximate surface area is 98.8 Å². The molecule has 2 rings (SSSR count). The van der Waals surface area contributed by atoms with Crippen LogP contribution in [0.4, 0.5) is 5.69 Å². The molecule has 0 amide bonds. The Bertz CT molecular complexity index is 482. The SMILES string of the molecule is COc1ccccc1NC(=S)n1cccn1. The topological polar surface area (TPSA) is 39.1 Å². The van der Waals surface area contributed by atoms with Crippen molar-refractivity contribution in [2.75, 3.05) is 12.4 Å². The van der Waals surface area contributed by atoms with Crippen LogP contribution in [0.1, 0.15) is 0 Å². The molecule has 0 spiro atoms. The fourth-order valence-electron chi connectivity index (χ4n) is 1.31. The fourth-order valence-corrected chi connectivity index (χ4v) is 1.53. The van der Waals surface area contributed by atoms with E-state index < -0.39 is 0 Å². The molecule has 1 aromatic heterocycles. The number of nitrogens with one attached hydrogen (secondary N) is 1. The molecule has 0 unspecified atom stereocenters. The van der Waals surface area contributed by atoms with Crippen LogP contribution in [-0.2, 0) is 0 Å². The van der Waals surface area contributed by atoms with Gasteiger partial charge >= 0.3 is 0 Å².